The SMILES string of the molecule is COC(=O)Cc1ccc(N[C@H]2CCC[C@@H](C)C2)c(N)c1. The Hall–Kier alpha value is -1.71. The quantitative estimate of drug-likeness (QED) is 0.655. The lowest BCUT2D eigenvalue weighted by Gasteiger charge is -2.28. The first-order valence-electron chi connectivity index (χ1n) is 7.30. The minimum Gasteiger partial charge on any atom is -0.469 e. The molecule has 0 aliphatic heterocycles. The van der Waals surface area contributed by atoms with Crippen LogP contribution in [0.5, 0.6) is 0 Å². The van der Waals surface area contributed by atoms with Gasteiger partial charge < -0.3 is 15.8 Å². The van der Waals surface area contributed by atoms with Crippen LogP contribution in [0.4, 0.5) is 11.4 Å². The maximum Gasteiger partial charge on any atom is 0.309 e. The first-order chi connectivity index (χ1) is 9.58. The molecule has 1 saturated carbocycles. The molecule has 0 unspecified atom stereocenters. The summed E-state index contributed by atoms with van der Waals surface area (Å²) >= 11 is 0. The zero-order valence-electron chi connectivity index (χ0n) is 12.3. The van der Waals surface area contributed by atoms with E-state index in [1.54, 1.807) is 0 Å². The topological polar surface area (TPSA) is 64.3 Å². The van der Waals surface area contributed by atoms with E-state index in [1.165, 1.54) is 32.8 Å². The fourth-order valence-electron chi connectivity index (χ4n) is 2.88. The summed E-state index contributed by atoms with van der Waals surface area (Å²) in [6.45, 7) is 2.30. The number of carbonyl (C=O) groups excluding carboxylic acids is 1. The Morgan fingerprint density at radius 1 is 1.45 bits per heavy atom. The van der Waals surface area contributed by atoms with Gasteiger partial charge >= 0.3 is 5.97 Å². The van der Waals surface area contributed by atoms with Crippen molar-refractivity contribution in [3.63, 3.8) is 0 Å². The predicted molar refractivity (Wildman–Crippen MR) is 81.6 cm³/mol. The molecule has 1 aromatic carbocycles. The number of rotatable bonds is 4. The standard InChI is InChI=1S/C16H24N2O2/c1-11-4-3-5-13(8-11)18-15-7-6-12(9-14(15)17)10-16(19)20-2/h6-7,9,11,13,18H,3-5,8,10,17H2,1-2H3/t11-,13+/m1/s1. The third kappa shape index (κ3) is 3.89. The minimum absolute atomic E-state index is 0.244. The van der Waals surface area contributed by atoms with Crippen LogP contribution in [0.15, 0.2) is 18.2 Å². The second-order valence-electron chi connectivity index (χ2n) is 5.79. The highest BCUT2D eigenvalue weighted by molar-refractivity contribution is 5.75. The van der Waals surface area contributed by atoms with Crippen LogP contribution in [0.1, 0.15) is 38.2 Å². The van der Waals surface area contributed by atoms with Crippen molar-refractivity contribution in [2.45, 2.75) is 45.1 Å². The van der Waals surface area contributed by atoms with Gasteiger partial charge in [-0.1, -0.05) is 25.8 Å². The minimum atomic E-state index is -0.244. The smallest absolute Gasteiger partial charge is 0.309 e. The Balaban J connectivity index is 2.00. The molecule has 4 heteroatoms. The van der Waals surface area contributed by atoms with Crippen molar-refractivity contribution in [3.05, 3.63) is 23.8 Å². The fraction of sp³-hybridized carbons (Fsp3) is 0.562. The number of benzene rings is 1. The maximum absolute atomic E-state index is 11.3. The maximum atomic E-state index is 11.3. The molecule has 2 rings (SSSR count). The first-order valence-corrected chi connectivity index (χ1v) is 7.30. The molecule has 0 bridgehead atoms. The van der Waals surface area contributed by atoms with E-state index in [0.717, 1.165) is 17.2 Å². The van der Waals surface area contributed by atoms with Crippen molar-refractivity contribution in [2.75, 3.05) is 18.2 Å². The van der Waals surface area contributed by atoms with Gasteiger partial charge in [-0.15, -0.1) is 0 Å². The van der Waals surface area contributed by atoms with E-state index >= 15 is 0 Å². The van der Waals surface area contributed by atoms with Gasteiger partial charge in [-0.25, -0.2) is 0 Å². The summed E-state index contributed by atoms with van der Waals surface area (Å²) in [5.41, 5.74) is 8.63. The van der Waals surface area contributed by atoms with Crippen molar-refractivity contribution >= 4 is 17.3 Å². The second kappa shape index (κ2) is 6.64. The molecule has 1 aliphatic carbocycles. The Labute approximate surface area is 120 Å². The zero-order valence-corrected chi connectivity index (χ0v) is 12.3. The van der Waals surface area contributed by atoms with E-state index in [9.17, 15) is 4.79 Å². The number of nitrogens with two attached hydrogens (primary N) is 1. The molecule has 0 amide bonds. The molecule has 1 aliphatic rings. The van der Waals surface area contributed by atoms with E-state index < -0.39 is 0 Å². The number of hydrogen-bond acceptors (Lipinski definition) is 4. The number of carbonyl (C=O) groups is 1. The van der Waals surface area contributed by atoms with E-state index in [4.69, 9.17) is 5.73 Å². The summed E-state index contributed by atoms with van der Waals surface area (Å²) in [7, 11) is 1.39. The Kier molecular flexibility index (Phi) is 4.88. The third-order valence-corrected chi connectivity index (χ3v) is 3.99. The average Bonchev–Trinajstić information content (AvgIpc) is 2.42. The van der Waals surface area contributed by atoms with Gasteiger partial charge in [0.25, 0.3) is 0 Å². The van der Waals surface area contributed by atoms with Crippen molar-refractivity contribution in [3.8, 4) is 0 Å². The number of nitrogens with one attached hydrogen (secondary N) is 1. The van der Waals surface area contributed by atoms with Gasteiger partial charge in [0.15, 0.2) is 0 Å². The number of anilines is 2. The molecule has 0 heterocycles. The van der Waals surface area contributed by atoms with E-state index in [0.29, 0.717) is 11.7 Å². The van der Waals surface area contributed by atoms with Gasteiger partial charge in [0, 0.05) is 6.04 Å². The van der Waals surface area contributed by atoms with Gasteiger partial charge in [0.2, 0.25) is 0 Å². The first kappa shape index (κ1) is 14.7. The molecule has 3 N–H and O–H groups in total. The number of esters is 1. The van der Waals surface area contributed by atoms with Crippen LogP contribution in [-0.4, -0.2) is 19.1 Å². The Bertz CT molecular complexity index is 474. The van der Waals surface area contributed by atoms with Gasteiger partial charge in [0.1, 0.15) is 0 Å². The van der Waals surface area contributed by atoms with E-state index in [1.807, 2.05) is 18.2 Å². The van der Waals surface area contributed by atoms with Gasteiger partial charge in [-0.2, -0.15) is 0 Å². The second-order valence-corrected chi connectivity index (χ2v) is 5.79. The van der Waals surface area contributed by atoms with E-state index in [-0.39, 0.29) is 12.4 Å². The van der Waals surface area contributed by atoms with Crippen LogP contribution in [0.25, 0.3) is 0 Å². The van der Waals surface area contributed by atoms with Crippen LogP contribution < -0.4 is 11.1 Å². The Morgan fingerprint density at radius 3 is 2.90 bits per heavy atom. The lowest BCUT2D eigenvalue weighted by atomic mass is 9.87. The zero-order chi connectivity index (χ0) is 14.5. The van der Waals surface area contributed by atoms with Crippen LogP contribution in [0.2, 0.25) is 0 Å². The van der Waals surface area contributed by atoms with Gasteiger partial charge in [-0.05, 0) is 36.5 Å². The molecule has 20 heavy (non-hydrogen) atoms. The average molecular weight is 276 g/mol. The highest BCUT2D eigenvalue weighted by Gasteiger charge is 2.19. The van der Waals surface area contributed by atoms with Crippen LogP contribution in [-0.2, 0) is 16.0 Å². The molecule has 4 nitrogen and oxygen atoms in total. The molecule has 1 aromatic rings. The lowest BCUT2D eigenvalue weighted by Crippen LogP contribution is -2.26. The molecule has 0 aromatic heterocycles. The molecule has 0 radical (unpaired) electrons. The summed E-state index contributed by atoms with van der Waals surface area (Å²) < 4.78 is 4.66. The number of ether oxygens (including phenoxy) is 1. The van der Waals surface area contributed by atoms with E-state index in [2.05, 4.69) is 17.0 Å². The summed E-state index contributed by atoms with van der Waals surface area (Å²) in [5, 5.41) is 3.53. The summed E-state index contributed by atoms with van der Waals surface area (Å²) in [6, 6.07) is 6.26. The number of methoxy groups -OCH3 is 1. The highest BCUT2D eigenvalue weighted by Crippen LogP contribution is 2.28. The normalized spacial score (nSPS) is 22.3. The predicted octanol–water partition coefficient (Wildman–Crippen LogP) is 2.97. The summed E-state index contributed by atoms with van der Waals surface area (Å²) in [4.78, 5) is 11.3. The number of nitrogen functional groups attached to an aromatic ring is 1. The van der Waals surface area contributed by atoms with Crippen LogP contribution in [0.3, 0.4) is 0 Å². The number of hydrogen-bond donors (Lipinski definition) is 2. The van der Waals surface area contributed by atoms with Crippen molar-refractivity contribution in [1.82, 2.24) is 0 Å². The summed E-state index contributed by atoms with van der Waals surface area (Å²) in [5.74, 6) is 0.535. The van der Waals surface area contributed by atoms with Crippen molar-refractivity contribution < 1.29 is 9.53 Å². The summed E-state index contributed by atoms with van der Waals surface area (Å²) in [6.07, 6.45) is 5.27. The van der Waals surface area contributed by atoms with Gasteiger partial charge in [0.05, 0.1) is 24.9 Å². The molecule has 110 valence electrons. The van der Waals surface area contributed by atoms with Crippen molar-refractivity contribution in [1.29, 1.82) is 0 Å². The highest BCUT2D eigenvalue weighted by atomic mass is 16.5. The van der Waals surface area contributed by atoms with Crippen molar-refractivity contribution in [2.24, 2.45) is 5.92 Å². The van der Waals surface area contributed by atoms with Crippen LogP contribution >= 0.6 is 0 Å². The molecule has 0 saturated heterocycles. The Morgan fingerprint density at radius 2 is 2.25 bits per heavy atom. The third-order valence-electron chi connectivity index (χ3n) is 3.99. The molecule has 2 atom stereocenters. The fourth-order valence-corrected chi connectivity index (χ4v) is 2.88. The van der Waals surface area contributed by atoms with Crippen LogP contribution in [0, 0.1) is 5.92 Å². The molecule has 1 fully saturated rings. The largest absolute Gasteiger partial charge is 0.469 e. The molecular weight excluding hydrogens is 252 g/mol. The van der Waals surface area contributed by atoms with Gasteiger partial charge in [-0.3, -0.25) is 4.79 Å². The molecular formula is C16H24N2O2. The monoisotopic (exact) mass is 276 g/mol. The molecule has 0 spiro atoms. The lowest BCUT2D eigenvalue weighted by molar-refractivity contribution is -0.139.